The van der Waals surface area contributed by atoms with Crippen LogP contribution >= 0.6 is 0 Å². The standard InChI is InChI=1S/C14H17N3O/c15-14(9-5-2-6-10-14)13-16-12(18-17-13)11-7-3-1-4-8-11/h1,3-4,7-8H,2,5-6,9-10,15H2. The van der Waals surface area contributed by atoms with Crippen LogP contribution in [-0.2, 0) is 5.54 Å². The van der Waals surface area contributed by atoms with Crippen LogP contribution in [0.2, 0.25) is 0 Å². The highest BCUT2D eigenvalue weighted by molar-refractivity contribution is 5.52. The molecule has 1 fully saturated rings. The van der Waals surface area contributed by atoms with Gasteiger partial charge in [-0.25, -0.2) is 0 Å². The van der Waals surface area contributed by atoms with Gasteiger partial charge in [0.2, 0.25) is 0 Å². The van der Waals surface area contributed by atoms with Crippen LogP contribution < -0.4 is 5.73 Å². The smallest absolute Gasteiger partial charge is 0.257 e. The second kappa shape index (κ2) is 4.53. The zero-order valence-corrected chi connectivity index (χ0v) is 10.3. The maximum atomic E-state index is 6.39. The number of rotatable bonds is 2. The van der Waals surface area contributed by atoms with E-state index in [0.29, 0.717) is 11.7 Å². The minimum absolute atomic E-state index is 0.394. The van der Waals surface area contributed by atoms with E-state index in [-0.39, 0.29) is 0 Å². The Morgan fingerprint density at radius 1 is 1.06 bits per heavy atom. The van der Waals surface area contributed by atoms with Crippen molar-refractivity contribution in [1.82, 2.24) is 10.1 Å². The highest BCUT2D eigenvalue weighted by Crippen LogP contribution is 2.33. The van der Waals surface area contributed by atoms with Gasteiger partial charge in [-0.2, -0.15) is 4.98 Å². The highest BCUT2D eigenvalue weighted by atomic mass is 16.5. The van der Waals surface area contributed by atoms with Crippen LogP contribution in [0.5, 0.6) is 0 Å². The molecule has 18 heavy (non-hydrogen) atoms. The second-order valence-electron chi connectivity index (χ2n) is 5.01. The van der Waals surface area contributed by atoms with Crippen molar-refractivity contribution in [2.75, 3.05) is 0 Å². The molecule has 2 N–H and O–H groups in total. The van der Waals surface area contributed by atoms with E-state index in [9.17, 15) is 0 Å². The van der Waals surface area contributed by atoms with E-state index >= 15 is 0 Å². The molecule has 0 saturated heterocycles. The first-order chi connectivity index (χ1) is 8.78. The molecule has 94 valence electrons. The van der Waals surface area contributed by atoms with Crippen molar-refractivity contribution in [3.8, 4) is 11.5 Å². The van der Waals surface area contributed by atoms with Crippen molar-refractivity contribution < 1.29 is 4.52 Å². The lowest BCUT2D eigenvalue weighted by Gasteiger charge is -2.29. The number of hydrogen-bond donors (Lipinski definition) is 1. The lowest BCUT2D eigenvalue weighted by molar-refractivity contribution is 0.275. The topological polar surface area (TPSA) is 64.9 Å². The summed E-state index contributed by atoms with van der Waals surface area (Å²) in [6.45, 7) is 0. The second-order valence-corrected chi connectivity index (χ2v) is 5.01. The van der Waals surface area contributed by atoms with Gasteiger partial charge < -0.3 is 10.3 Å². The van der Waals surface area contributed by atoms with Crippen LogP contribution in [0, 0.1) is 0 Å². The maximum Gasteiger partial charge on any atom is 0.257 e. The SMILES string of the molecule is NC1(c2noc(-c3ccccc3)n2)CCCCC1. The molecular formula is C14H17N3O. The molecule has 4 heteroatoms. The summed E-state index contributed by atoms with van der Waals surface area (Å²) in [4.78, 5) is 4.47. The van der Waals surface area contributed by atoms with E-state index < -0.39 is 5.54 Å². The van der Waals surface area contributed by atoms with Gasteiger partial charge in [0.05, 0.1) is 5.54 Å². The Labute approximate surface area is 106 Å². The van der Waals surface area contributed by atoms with E-state index in [4.69, 9.17) is 10.3 Å². The van der Waals surface area contributed by atoms with Crippen molar-refractivity contribution in [3.05, 3.63) is 36.2 Å². The summed E-state index contributed by atoms with van der Waals surface area (Å²) in [5, 5.41) is 4.08. The molecule has 1 heterocycles. The van der Waals surface area contributed by atoms with Gasteiger partial charge in [0.15, 0.2) is 5.82 Å². The van der Waals surface area contributed by atoms with Gasteiger partial charge in [-0.05, 0) is 25.0 Å². The molecule has 1 aliphatic rings. The average molecular weight is 243 g/mol. The summed E-state index contributed by atoms with van der Waals surface area (Å²) in [6.07, 6.45) is 5.43. The van der Waals surface area contributed by atoms with Crippen molar-refractivity contribution >= 4 is 0 Å². The summed E-state index contributed by atoms with van der Waals surface area (Å²) in [7, 11) is 0. The molecule has 1 aromatic heterocycles. The molecule has 0 atom stereocenters. The molecule has 1 aliphatic carbocycles. The first-order valence-corrected chi connectivity index (χ1v) is 6.46. The Hall–Kier alpha value is -1.68. The van der Waals surface area contributed by atoms with Crippen LogP contribution in [0.1, 0.15) is 37.9 Å². The third-order valence-electron chi connectivity index (χ3n) is 3.64. The molecule has 0 spiro atoms. The fraction of sp³-hybridized carbons (Fsp3) is 0.429. The summed E-state index contributed by atoms with van der Waals surface area (Å²) < 4.78 is 5.33. The summed E-state index contributed by atoms with van der Waals surface area (Å²) in [5.74, 6) is 1.21. The molecule has 3 rings (SSSR count). The number of benzene rings is 1. The number of hydrogen-bond acceptors (Lipinski definition) is 4. The molecule has 0 aliphatic heterocycles. The minimum Gasteiger partial charge on any atom is -0.334 e. The van der Waals surface area contributed by atoms with E-state index in [1.165, 1.54) is 6.42 Å². The van der Waals surface area contributed by atoms with E-state index in [1.807, 2.05) is 30.3 Å². The van der Waals surface area contributed by atoms with Crippen LogP contribution in [0.3, 0.4) is 0 Å². The van der Waals surface area contributed by atoms with Crippen LogP contribution in [0.4, 0.5) is 0 Å². The molecule has 0 bridgehead atoms. The third-order valence-corrected chi connectivity index (χ3v) is 3.64. The van der Waals surface area contributed by atoms with Crippen molar-refractivity contribution in [2.24, 2.45) is 5.73 Å². The Kier molecular flexibility index (Phi) is 2.88. The Balaban J connectivity index is 1.89. The molecule has 4 nitrogen and oxygen atoms in total. The minimum atomic E-state index is -0.394. The van der Waals surface area contributed by atoms with Crippen molar-refractivity contribution in [3.63, 3.8) is 0 Å². The van der Waals surface area contributed by atoms with E-state index in [1.54, 1.807) is 0 Å². The molecule has 0 amide bonds. The number of nitrogens with two attached hydrogens (primary N) is 1. The molecule has 1 aromatic carbocycles. The summed E-state index contributed by atoms with van der Waals surface area (Å²) in [5.41, 5.74) is 6.93. The Bertz CT molecular complexity index is 515. The van der Waals surface area contributed by atoms with E-state index in [0.717, 1.165) is 31.2 Å². The maximum absolute atomic E-state index is 6.39. The van der Waals surface area contributed by atoms with Gasteiger partial charge in [0.1, 0.15) is 0 Å². The van der Waals surface area contributed by atoms with Gasteiger partial charge in [-0.15, -0.1) is 0 Å². The molecule has 0 unspecified atom stereocenters. The van der Waals surface area contributed by atoms with Crippen LogP contribution in [0.25, 0.3) is 11.5 Å². The van der Waals surface area contributed by atoms with Crippen molar-refractivity contribution in [1.29, 1.82) is 0 Å². The lowest BCUT2D eigenvalue weighted by atomic mass is 9.82. The van der Waals surface area contributed by atoms with Gasteiger partial charge in [-0.1, -0.05) is 42.6 Å². The quantitative estimate of drug-likeness (QED) is 0.880. The Morgan fingerprint density at radius 2 is 1.78 bits per heavy atom. The zero-order chi connectivity index (χ0) is 12.4. The fourth-order valence-electron chi connectivity index (χ4n) is 2.53. The van der Waals surface area contributed by atoms with Gasteiger partial charge in [0, 0.05) is 5.56 Å². The average Bonchev–Trinajstić information content (AvgIpc) is 2.91. The molecule has 2 aromatic rings. The van der Waals surface area contributed by atoms with Crippen LogP contribution in [0.15, 0.2) is 34.9 Å². The van der Waals surface area contributed by atoms with Crippen molar-refractivity contribution in [2.45, 2.75) is 37.6 Å². The molecular weight excluding hydrogens is 226 g/mol. The molecule has 0 radical (unpaired) electrons. The number of aromatic nitrogens is 2. The summed E-state index contributed by atoms with van der Waals surface area (Å²) >= 11 is 0. The fourth-order valence-corrected chi connectivity index (χ4v) is 2.53. The predicted molar refractivity (Wildman–Crippen MR) is 68.7 cm³/mol. The van der Waals surface area contributed by atoms with Gasteiger partial charge in [0.25, 0.3) is 5.89 Å². The summed E-state index contributed by atoms with van der Waals surface area (Å²) in [6, 6.07) is 9.80. The van der Waals surface area contributed by atoms with E-state index in [2.05, 4.69) is 10.1 Å². The number of nitrogens with zero attached hydrogens (tertiary/aromatic N) is 2. The Morgan fingerprint density at radius 3 is 2.50 bits per heavy atom. The van der Waals surface area contributed by atoms with Gasteiger partial charge in [-0.3, -0.25) is 0 Å². The first-order valence-electron chi connectivity index (χ1n) is 6.46. The first kappa shape index (κ1) is 11.4. The monoisotopic (exact) mass is 243 g/mol. The van der Waals surface area contributed by atoms with Gasteiger partial charge >= 0.3 is 0 Å². The lowest BCUT2D eigenvalue weighted by Crippen LogP contribution is -2.39. The highest BCUT2D eigenvalue weighted by Gasteiger charge is 2.34. The van der Waals surface area contributed by atoms with Crippen LogP contribution in [-0.4, -0.2) is 10.1 Å². The normalized spacial score (nSPS) is 18.7. The molecule has 1 saturated carbocycles. The largest absolute Gasteiger partial charge is 0.334 e. The third kappa shape index (κ3) is 2.04. The zero-order valence-electron chi connectivity index (χ0n) is 10.3. The predicted octanol–water partition coefficient (Wildman–Crippen LogP) is 2.85.